The van der Waals surface area contributed by atoms with E-state index in [1.807, 2.05) is 13.2 Å². The lowest BCUT2D eigenvalue weighted by Gasteiger charge is -2.05. The molecule has 0 amide bonds. The molecule has 0 nitrogen and oxygen atoms in total. The molecule has 60 valence electrons. The summed E-state index contributed by atoms with van der Waals surface area (Å²) in [4.78, 5) is 0. The van der Waals surface area contributed by atoms with Gasteiger partial charge in [-0.25, -0.2) is 8.78 Å². The topological polar surface area (TPSA) is 0 Å². The maximum absolute atomic E-state index is 12.3. The van der Waals surface area contributed by atoms with Crippen molar-refractivity contribution in [3.63, 3.8) is 0 Å². The SMILES string of the molecule is CSC(C)CC1CC1(F)F. The second-order valence-corrected chi connectivity index (χ2v) is 4.22. The zero-order valence-corrected chi connectivity index (χ0v) is 7.05. The van der Waals surface area contributed by atoms with E-state index in [-0.39, 0.29) is 12.3 Å². The third-order valence-corrected chi connectivity index (χ3v) is 2.97. The van der Waals surface area contributed by atoms with Crippen LogP contribution in [0.15, 0.2) is 0 Å². The summed E-state index contributed by atoms with van der Waals surface area (Å²) in [5.41, 5.74) is 0. The van der Waals surface area contributed by atoms with Crippen LogP contribution < -0.4 is 0 Å². The molecule has 3 heteroatoms. The molecule has 0 heterocycles. The van der Waals surface area contributed by atoms with Crippen LogP contribution in [0, 0.1) is 5.92 Å². The fourth-order valence-corrected chi connectivity index (χ4v) is 1.45. The molecule has 0 bridgehead atoms. The molecule has 0 aromatic carbocycles. The molecule has 1 aliphatic rings. The summed E-state index contributed by atoms with van der Waals surface area (Å²) in [6.07, 6.45) is 2.76. The van der Waals surface area contributed by atoms with Gasteiger partial charge in [0.1, 0.15) is 0 Å². The molecule has 2 unspecified atom stereocenters. The molecular weight excluding hydrogens is 154 g/mol. The van der Waals surface area contributed by atoms with E-state index in [1.165, 1.54) is 0 Å². The van der Waals surface area contributed by atoms with Crippen molar-refractivity contribution in [1.29, 1.82) is 0 Å². The highest BCUT2D eigenvalue weighted by atomic mass is 32.2. The van der Waals surface area contributed by atoms with Crippen molar-refractivity contribution in [1.82, 2.24) is 0 Å². The van der Waals surface area contributed by atoms with Crippen LogP contribution in [0.2, 0.25) is 0 Å². The molecule has 0 spiro atoms. The minimum absolute atomic E-state index is 0.123. The highest BCUT2D eigenvalue weighted by Crippen LogP contribution is 2.51. The summed E-state index contributed by atoms with van der Waals surface area (Å²) in [7, 11) is 0. The molecule has 0 N–H and O–H groups in total. The average molecular weight is 166 g/mol. The summed E-state index contributed by atoms with van der Waals surface area (Å²) < 4.78 is 24.6. The van der Waals surface area contributed by atoms with Gasteiger partial charge < -0.3 is 0 Å². The van der Waals surface area contributed by atoms with Crippen molar-refractivity contribution in [3.8, 4) is 0 Å². The Hall–Kier alpha value is 0.210. The van der Waals surface area contributed by atoms with Crippen LogP contribution in [0.1, 0.15) is 19.8 Å². The third kappa shape index (κ3) is 1.84. The maximum atomic E-state index is 12.3. The zero-order chi connectivity index (χ0) is 7.78. The number of rotatable bonds is 3. The Kier molecular flexibility index (Phi) is 2.23. The standard InChI is InChI=1S/C7H12F2S/c1-5(10-2)3-6-4-7(6,8)9/h5-6H,3-4H2,1-2H3. The van der Waals surface area contributed by atoms with E-state index in [9.17, 15) is 8.78 Å². The van der Waals surface area contributed by atoms with Crippen LogP contribution in [0.3, 0.4) is 0 Å². The zero-order valence-electron chi connectivity index (χ0n) is 6.23. The van der Waals surface area contributed by atoms with Gasteiger partial charge in [-0.3, -0.25) is 0 Å². The lowest BCUT2D eigenvalue weighted by Crippen LogP contribution is -2.01. The Balaban J connectivity index is 2.17. The van der Waals surface area contributed by atoms with E-state index in [0.29, 0.717) is 11.7 Å². The fraction of sp³-hybridized carbons (Fsp3) is 1.00. The van der Waals surface area contributed by atoms with Gasteiger partial charge in [-0.2, -0.15) is 11.8 Å². The van der Waals surface area contributed by atoms with Gasteiger partial charge in [0.15, 0.2) is 0 Å². The minimum Gasteiger partial charge on any atom is -0.207 e. The van der Waals surface area contributed by atoms with Crippen molar-refractivity contribution < 1.29 is 8.78 Å². The van der Waals surface area contributed by atoms with Crippen LogP contribution >= 0.6 is 11.8 Å². The first-order valence-corrected chi connectivity index (χ1v) is 4.75. The van der Waals surface area contributed by atoms with E-state index in [0.717, 1.165) is 0 Å². The van der Waals surface area contributed by atoms with Gasteiger partial charge in [-0.05, 0) is 12.7 Å². The molecule has 1 rings (SSSR count). The molecule has 1 aliphatic carbocycles. The largest absolute Gasteiger partial charge is 0.251 e. The van der Waals surface area contributed by atoms with Gasteiger partial charge in [0.05, 0.1) is 0 Å². The third-order valence-electron chi connectivity index (χ3n) is 1.97. The minimum atomic E-state index is -2.32. The van der Waals surface area contributed by atoms with E-state index < -0.39 is 5.92 Å². The van der Waals surface area contributed by atoms with Crippen molar-refractivity contribution in [2.24, 2.45) is 5.92 Å². The first-order valence-electron chi connectivity index (χ1n) is 3.47. The van der Waals surface area contributed by atoms with Gasteiger partial charge in [0, 0.05) is 17.6 Å². The number of thioether (sulfide) groups is 1. The Morgan fingerprint density at radius 3 is 2.50 bits per heavy atom. The van der Waals surface area contributed by atoms with E-state index in [2.05, 4.69) is 0 Å². The lowest BCUT2D eigenvalue weighted by molar-refractivity contribution is 0.0972. The van der Waals surface area contributed by atoms with Gasteiger partial charge in [-0.15, -0.1) is 0 Å². The van der Waals surface area contributed by atoms with Crippen molar-refractivity contribution in [3.05, 3.63) is 0 Å². The van der Waals surface area contributed by atoms with Gasteiger partial charge in [0.2, 0.25) is 0 Å². The van der Waals surface area contributed by atoms with Gasteiger partial charge in [-0.1, -0.05) is 6.92 Å². The molecular formula is C7H12F2S. The van der Waals surface area contributed by atoms with Crippen LogP contribution in [-0.4, -0.2) is 17.4 Å². The molecule has 1 fully saturated rings. The summed E-state index contributed by atoms with van der Waals surface area (Å²) in [5.74, 6) is -2.63. The van der Waals surface area contributed by atoms with Crippen LogP contribution in [0.4, 0.5) is 8.78 Å². The molecule has 0 aromatic rings. The summed E-state index contributed by atoms with van der Waals surface area (Å²) in [6, 6.07) is 0. The summed E-state index contributed by atoms with van der Waals surface area (Å²) in [6.45, 7) is 2.00. The monoisotopic (exact) mass is 166 g/mol. The van der Waals surface area contributed by atoms with E-state index in [4.69, 9.17) is 0 Å². The maximum Gasteiger partial charge on any atom is 0.251 e. The van der Waals surface area contributed by atoms with Crippen molar-refractivity contribution >= 4 is 11.8 Å². The van der Waals surface area contributed by atoms with Gasteiger partial charge in [0.25, 0.3) is 5.92 Å². The second kappa shape index (κ2) is 2.68. The first-order chi connectivity index (χ1) is 4.56. The normalized spacial score (nSPS) is 31.8. The summed E-state index contributed by atoms with van der Waals surface area (Å²) >= 11 is 1.66. The Morgan fingerprint density at radius 2 is 2.20 bits per heavy atom. The van der Waals surface area contributed by atoms with Crippen molar-refractivity contribution in [2.75, 3.05) is 6.26 Å². The molecule has 1 saturated carbocycles. The van der Waals surface area contributed by atoms with Crippen LogP contribution in [0.25, 0.3) is 0 Å². The number of alkyl halides is 2. The molecule has 0 aliphatic heterocycles. The Bertz CT molecular complexity index is 125. The highest BCUT2D eigenvalue weighted by molar-refractivity contribution is 7.99. The Morgan fingerprint density at radius 1 is 1.70 bits per heavy atom. The predicted octanol–water partition coefficient (Wildman–Crippen LogP) is 2.78. The highest BCUT2D eigenvalue weighted by Gasteiger charge is 2.56. The quantitative estimate of drug-likeness (QED) is 0.621. The molecule has 0 aromatic heterocycles. The predicted molar refractivity (Wildman–Crippen MR) is 40.6 cm³/mol. The Labute approximate surface area is 64.4 Å². The number of hydrogen-bond donors (Lipinski definition) is 0. The molecule has 10 heavy (non-hydrogen) atoms. The summed E-state index contributed by atoms with van der Waals surface area (Å²) in [5, 5.41) is 0.387. The molecule has 0 saturated heterocycles. The average Bonchev–Trinajstić information content (AvgIpc) is 2.40. The van der Waals surface area contributed by atoms with Gasteiger partial charge >= 0.3 is 0 Å². The fourth-order valence-electron chi connectivity index (χ4n) is 1.02. The number of hydrogen-bond acceptors (Lipinski definition) is 1. The van der Waals surface area contributed by atoms with E-state index >= 15 is 0 Å². The molecule has 2 atom stereocenters. The first kappa shape index (κ1) is 8.31. The lowest BCUT2D eigenvalue weighted by atomic mass is 10.2. The smallest absolute Gasteiger partial charge is 0.207 e. The number of halogens is 2. The second-order valence-electron chi connectivity index (χ2n) is 2.94. The van der Waals surface area contributed by atoms with E-state index in [1.54, 1.807) is 11.8 Å². The molecule has 0 radical (unpaired) electrons. The van der Waals surface area contributed by atoms with Crippen molar-refractivity contribution in [2.45, 2.75) is 30.9 Å². The van der Waals surface area contributed by atoms with Crippen LogP contribution in [-0.2, 0) is 0 Å². The van der Waals surface area contributed by atoms with Crippen LogP contribution in [0.5, 0.6) is 0 Å².